The molecule has 7 nitrogen and oxygen atoms in total. The summed E-state index contributed by atoms with van der Waals surface area (Å²) in [6, 6.07) is 17.2. The fraction of sp³-hybridized carbons (Fsp3) is 0.150. The van der Waals surface area contributed by atoms with Gasteiger partial charge in [-0.3, -0.25) is 9.48 Å². The molecular formula is C20H23IN6O. The zero-order valence-corrected chi connectivity index (χ0v) is 17.8. The molecule has 0 atom stereocenters. The van der Waals surface area contributed by atoms with Crippen LogP contribution in [0.4, 0.5) is 11.4 Å². The van der Waals surface area contributed by atoms with E-state index in [9.17, 15) is 4.79 Å². The number of aromatic nitrogens is 2. The number of amides is 1. The molecule has 1 aromatic heterocycles. The highest BCUT2D eigenvalue weighted by molar-refractivity contribution is 14.0. The molecule has 0 spiro atoms. The molecule has 0 saturated carbocycles. The molecule has 2 aromatic carbocycles. The lowest BCUT2D eigenvalue weighted by Gasteiger charge is -2.08. The molecule has 1 amide bonds. The van der Waals surface area contributed by atoms with E-state index >= 15 is 0 Å². The molecule has 4 N–H and O–H groups in total. The minimum Gasteiger partial charge on any atom is -0.370 e. The smallest absolute Gasteiger partial charge is 0.246 e. The monoisotopic (exact) mass is 490 g/mol. The Labute approximate surface area is 181 Å². The number of nitrogens with one attached hydrogen (secondary N) is 2. The van der Waals surface area contributed by atoms with Crippen LogP contribution in [-0.4, -0.2) is 21.6 Å². The minimum atomic E-state index is -0.139. The highest BCUT2D eigenvalue weighted by atomic mass is 127. The number of rotatable bonds is 6. The standard InChI is InChI=1S/C20H22N6O.HI/c1-15-6-8-17(9-7-15)25-20(21)22-13-16-4-2-5-18(12-16)24-19(27)14-26-11-3-10-23-26;/h2-12H,13-14H2,1H3,(H,24,27)(H3,21,22,25);1H. The molecular weight excluding hydrogens is 467 g/mol. The SMILES string of the molecule is Cc1ccc(NC(N)=NCc2cccc(NC(=O)Cn3cccn3)c2)cc1.I. The maximum Gasteiger partial charge on any atom is 0.246 e. The van der Waals surface area contributed by atoms with Crippen molar-refractivity contribution in [3.8, 4) is 0 Å². The first-order valence-electron chi connectivity index (χ1n) is 8.58. The summed E-state index contributed by atoms with van der Waals surface area (Å²) in [4.78, 5) is 16.4. The van der Waals surface area contributed by atoms with Crippen molar-refractivity contribution in [3.05, 3.63) is 78.1 Å². The van der Waals surface area contributed by atoms with Crippen molar-refractivity contribution in [3.63, 3.8) is 0 Å². The molecule has 3 aromatic rings. The number of benzene rings is 2. The van der Waals surface area contributed by atoms with Gasteiger partial charge in [0, 0.05) is 23.8 Å². The Morgan fingerprint density at radius 3 is 2.61 bits per heavy atom. The Morgan fingerprint density at radius 1 is 1.11 bits per heavy atom. The Bertz CT molecular complexity index is 922. The van der Waals surface area contributed by atoms with Crippen molar-refractivity contribution < 1.29 is 4.79 Å². The highest BCUT2D eigenvalue weighted by Crippen LogP contribution is 2.12. The number of aliphatic imine (C=N–C) groups is 1. The minimum absolute atomic E-state index is 0. The van der Waals surface area contributed by atoms with E-state index in [4.69, 9.17) is 5.73 Å². The van der Waals surface area contributed by atoms with E-state index in [1.807, 2.05) is 55.5 Å². The number of guanidine groups is 1. The maximum atomic E-state index is 12.1. The first-order valence-corrected chi connectivity index (χ1v) is 8.58. The normalized spacial score (nSPS) is 10.8. The number of nitrogens with two attached hydrogens (primary N) is 1. The molecule has 0 saturated heterocycles. The van der Waals surface area contributed by atoms with E-state index in [2.05, 4.69) is 20.7 Å². The third-order valence-corrected chi connectivity index (χ3v) is 3.83. The number of carbonyl (C=O) groups is 1. The van der Waals surface area contributed by atoms with Gasteiger partial charge in [0.25, 0.3) is 0 Å². The summed E-state index contributed by atoms with van der Waals surface area (Å²) in [6.45, 7) is 2.61. The molecule has 146 valence electrons. The summed E-state index contributed by atoms with van der Waals surface area (Å²) in [5, 5.41) is 9.94. The van der Waals surface area contributed by atoms with Gasteiger partial charge in [-0.2, -0.15) is 5.10 Å². The third kappa shape index (κ3) is 6.69. The van der Waals surface area contributed by atoms with E-state index < -0.39 is 0 Å². The Hall–Kier alpha value is -2.88. The first kappa shape index (κ1) is 21.4. The molecule has 0 radical (unpaired) electrons. The second kappa shape index (κ2) is 10.5. The molecule has 1 heterocycles. The van der Waals surface area contributed by atoms with Crippen molar-refractivity contribution in [2.45, 2.75) is 20.0 Å². The van der Waals surface area contributed by atoms with Crippen LogP contribution in [0.25, 0.3) is 0 Å². The third-order valence-electron chi connectivity index (χ3n) is 3.83. The highest BCUT2D eigenvalue weighted by Gasteiger charge is 2.04. The predicted octanol–water partition coefficient (Wildman–Crippen LogP) is 3.38. The van der Waals surface area contributed by atoms with Crippen LogP contribution in [0.3, 0.4) is 0 Å². The fourth-order valence-corrected chi connectivity index (χ4v) is 2.49. The predicted molar refractivity (Wildman–Crippen MR) is 123 cm³/mol. The quantitative estimate of drug-likeness (QED) is 0.281. The number of halogens is 1. The number of hydrogen-bond acceptors (Lipinski definition) is 3. The van der Waals surface area contributed by atoms with Gasteiger partial charge in [0.2, 0.25) is 5.91 Å². The van der Waals surface area contributed by atoms with E-state index in [1.54, 1.807) is 23.1 Å². The van der Waals surface area contributed by atoms with Crippen LogP contribution >= 0.6 is 24.0 Å². The summed E-state index contributed by atoms with van der Waals surface area (Å²) < 4.78 is 1.57. The number of nitrogens with zero attached hydrogens (tertiary/aromatic N) is 3. The van der Waals surface area contributed by atoms with Gasteiger partial charge in [0.05, 0.1) is 6.54 Å². The van der Waals surface area contributed by atoms with Crippen molar-refractivity contribution in [2.24, 2.45) is 10.7 Å². The van der Waals surface area contributed by atoms with Crippen molar-refractivity contribution in [1.82, 2.24) is 9.78 Å². The van der Waals surface area contributed by atoms with Gasteiger partial charge in [-0.05, 0) is 42.8 Å². The van der Waals surface area contributed by atoms with Crippen LogP contribution in [-0.2, 0) is 17.9 Å². The van der Waals surface area contributed by atoms with Gasteiger partial charge in [-0.25, -0.2) is 4.99 Å². The van der Waals surface area contributed by atoms with Gasteiger partial charge in [0.1, 0.15) is 6.54 Å². The molecule has 0 unspecified atom stereocenters. The van der Waals surface area contributed by atoms with Gasteiger partial charge >= 0.3 is 0 Å². The zero-order valence-electron chi connectivity index (χ0n) is 15.5. The van der Waals surface area contributed by atoms with Crippen LogP contribution in [0.15, 0.2) is 72.0 Å². The van der Waals surface area contributed by atoms with Gasteiger partial charge in [-0.15, -0.1) is 24.0 Å². The van der Waals surface area contributed by atoms with E-state index in [1.165, 1.54) is 5.56 Å². The van der Waals surface area contributed by atoms with Crippen molar-refractivity contribution in [1.29, 1.82) is 0 Å². The number of carbonyl (C=O) groups excluding carboxylic acids is 1. The first-order chi connectivity index (χ1) is 13.1. The van der Waals surface area contributed by atoms with Crippen LogP contribution in [0.1, 0.15) is 11.1 Å². The molecule has 3 rings (SSSR count). The van der Waals surface area contributed by atoms with E-state index in [0.717, 1.165) is 11.3 Å². The topological polar surface area (TPSA) is 97.3 Å². The number of anilines is 2. The van der Waals surface area contributed by atoms with Gasteiger partial charge in [-0.1, -0.05) is 29.8 Å². The molecule has 8 heteroatoms. The lowest BCUT2D eigenvalue weighted by atomic mass is 10.2. The van der Waals surface area contributed by atoms with E-state index in [0.29, 0.717) is 18.2 Å². The summed E-state index contributed by atoms with van der Waals surface area (Å²) in [5.41, 5.74) is 9.68. The molecule has 0 fully saturated rings. The number of aryl methyl sites for hydroxylation is 1. The molecule has 0 bridgehead atoms. The maximum absolute atomic E-state index is 12.1. The fourth-order valence-electron chi connectivity index (χ4n) is 2.49. The second-order valence-corrected chi connectivity index (χ2v) is 6.14. The largest absolute Gasteiger partial charge is 0.370 e. The molecule has 0 aliphatic carbocycles. The van der Waals surface area contributed by atoms with Crippen LogP contribution < -0.4 is 16.4 Å². The van der Waals surface area contributed by atoms with Gasteiger partial charge < -0.3 is 16.4 Å². The number of hydrogen-bond donors (Lipinski definition) is 3. The van der Waals surface area contributed by atoms with E-state index in [-0.39, 0.29) is 36.4 Å². The summed E-state index contributed by atoms with van der Waals surface area (Å²) in [6.07, 6.45) is 3.38. The average Bonchev–Trinajstić information content (AvgIpc) is 3.15. The van der Waals surface area contributed by atoms with Crippen LogP contribution in [0, 0.1) is 6.92 Å². The Morgan fingerprint density at radius 2 is 1.89 bits per heavy atom. The summed E-state index contributed by atoms with van der Waals surface area (Å²) >= 11 is 0. The van der Waals surface area contributed by atoms with Crippen LogP contribution in [0.5, 0.6) is 0 Å². The lowest BCUT2D eigenvalue weighted by molar-refractivity contribution is -0.116. The molecule has 28 heavy (non-hydrogen) atoms. The summed E-state index contributed by atoms with van der Waals surface area (Å²) in [7, 11) is 0. The van der Waals surface area contributed by atoms with Crippen molar-refractivity contribution in [2.75, 3.05) is 10.6 Å². The lowest BCUT2D eigenvalue weighted by Crippen LogP contribution is -2.22. The Kier molecular flexibility index (Phi) is 8.00. The van der Waals surface area contributed by atoms with Crippen LogP contribution in [0.2, 0.25) is 0 Å². The average molecular weight is 490 g/mol. The molecule has 0 aliphatic rings. The summed E-state index contributed by atoms with van der Waals surface area (Å²) in [5.74, 6) is 0.201. The Balaban J connectivity index is 0.00000280. The second-order valence-electron chi connectivity index (χ2n) is 6.14. The van der Waals surface area contributed by atoms with Crippen molar-refractivity contribution >= 4 is 47.2 Å². The van der Waals surface area contributed by atoms with Gasteiger partial charge in [0.15, 0.2) is 5.96 Å². The molecule has 0 aliphatic heterocycles. The zero-order chi connectivity index (χ0) is 19.1.